The lowest BCUT2D eigenvalue weighted by atomic mass is 10.2. The Morgan fingerprint density at radius 2 is 1.77 bits per heavy atom. The Kier molecular flexibility index (Phi) is 3.29. The molecule has 3 rings (SSSR count). The molecule has 0 aliphatic heterocycles. The van der Waals surface area contributed by atoms with Gasteiger partial charge in [-0.05, 0) is 19.1 Å². The Bertz CT molecular complexity index is 998. The van der Waals surface area contributed by atoms with Gasteiger partial charge in [-0.1, -0.05) is 29.8 Å². The predicted molar refractivity (Wildman–Crippen MR) is 82.8 cm³/mol. The number of benzene rings is 2. The van der Waals surface area contributed by atoms with E-state index in [2.05, 4.69) is 4.72 Å². The largest absolute Gasteiger partial charge is 0.573 e. The van der Waals surface area contributed by atoms with Crippen molar-refractivity contribution < 1.29 is 12.8 Å². The van der Waals surface area contributed by atoms with Gasteiger partial charge in [-0.2, -0.15) is 0 Å². The molecule has 0 bridgehead atoms. The van der Waals surface area contributed by atoms with Gasteiger partial charge >= 0.3 is 5.76 Å². The molecule has 0 amide bonds. The zero-order valence-electron chi connectivity index (χ0n) is 12.0. The average Bonchev–Trinajstić information content (AvgIpc) is 2.76. The van der Waals surface area contributed by atoms with E-state index in [-0.39, 0.29) is 10.5 Å². The second-order valence-electron chi connectivity index (χ2n) is 4.96. The van der Waals surface area contributed by atoms with Crippen LogP contribution in [0.5, 0.6) is 0 Å². The summed E-state index contributed by atoms with van der Waals surface area (Å²) in [6.07, 6.45) is 0. The van der Waals surface area contributed by atoms with Crippen LogP contribution in [0.2, 0.25) is 0 Å². The van der Waals surface area contributed by atoms with Gasteiger partial charge in [-0.15, -0.1) is 5.69 Å². The number of nitrogens with zero attached hydrogens (tertiary/aromatic N) is 2. The second kappa shape index (κ2) is 5.03. The Hall–Kier alpha value is -2.54. The van der Waals surface area contributed by atoms with Crippen LogP contribution in [0.15, 0.2) is 56.6 Å². The molecule has 0 saturated carbocycles. The maximum atomic E-state index is 12.3. The summed E-state index contributed by atoms with van der Waals surface area (Å²) in [7, 11) is -2.31. The average molecular weight is 317 g/mol. The number of hydrogen-bond acceptors (Lipinski definition) is 4. The van der Waals surface area contributed by atoms with Crippen LogP contribution in [0, 0.1) is 6.92 Å². The normalized spacial score (nSPS) is 11.7. The van der Waals surface area contributed by atoms with Gasteiger partial charge in [-0.25, -0.2) is 13.2 Å². The van der Waals surface area contributed by atoms with Crippen molar-refractivity contribution >= 4 is 26.8 Å². The van der Waals surface area contributed by atoms with Crippen molar-refractivity contribution in [2.75, 3.05) is 0 Å². The molecule has 1 heterocycles. The molecule has 0 aliphatic carbocycles. The standard InChI is InChI=1S/C15H13N2O4S/c1-10-3-5-11(6-4-10)16-22(19,20)12-7-8-13-14(9-12)21-15(18)17(13)2/h3-9H,1-2H3/q-1. The quantitative estimate of drug-likeness (QED) is 0.743. The van der Waals surface area contributed by atoms with E-state index < -0.39 is 15.8 Å². The van der Waals surface area contributed by atoms with Gasteiger partial charge in [0.15, 0.2) is 5.58 Å². The lowest BCUT2D eigenvalue weighted by Gasteiger charge is -2.21. The van der Waals surface area contributed by atoms with E-state index in [9.17, 15) is 13.2 Å². The topological polar surface area (TPSA) is 83.4 Å². The molecule has 0 atom stereocenters. The smallest absolute Gasteiger partial charge is 0.419 e. The molecule has 2 aromatic carbocycles. The maximum absolute atomic E-state index is 12.3. The van der Waals surface area contributed by atoms with E-state index in [0.29, 0.717) is 11.2 Å². The molecule has 6 nitrogen and oxygen atoms in total. The summed E-state index contributed by atoms with van der Waals surface area (Å²) >= 11 is 0. The van der Waals surface area contributed by atoms with Crippen LogP contribution in [0.3, 0.4) is 0 Å². The van der Waals surface area contributed by atoms with Crippen molar-refractivity contribution in [3.8, 4) is 0 Å². The third-order valence-electron chi connectivity index (χ3n) is 3.32. The van der Waals surface area contributed by atoms with E-state index in [4.69, 9.17) is 4.42 Å². The maximum Gasteiger partial charge on any atom is 0.419 e. The Balaban J connectivity index is 2.01. The highest BCUT2D eigenvalue weighted by Gasteiger charge is 2.11. The molecule has 0 saturated heterocycles. The van der Waals surface area contributed by atoms with Crippen LogP contribution >= 0.6 is 0 Å². The van der Waals surface area contributed by atoms with Crippen molar-refractivity contribution in [1.29, 1.82) is 0 Å². The predicted octanol–water partition coefficient (Wildman–Crippen LogP) is 2.83. The fourth-order valence-electron chi connectivity index (χ4n) is 2.07. The molecule has 0 spiro atoms. The number of rotatable bonds is 3. The van der Waals surface area contributed by atoms with Gasteiger partial charge in [0.25, 0.3) is 0 Å². The van der Waals surface area contributed by atoms with Gasteiger partial charge in [-0.3, -0.25) is 4.57 Å². The molecule has 114 valence electrons. The fourth-order valence-corrected chi connectivity index (χ4v) is 3.07. The van der Waals surface area contributed by atoms with Gasteiger partial charge in [0.05, 0.1) is 10.4 Å². The van der Waals surface area contributed by atoms with Crippen molar-refractivity contribution in [3.05, 3.63) is 63.3 Å². The van der Waals surface area contributed by atoms with E-state index in [1.54, 1.807) is 31.3 Å². The highest BCUT2D eigenvalue weighted by Crippen LogP contribution is 2.29. The summed E-state index contributed by atoms with van der Waals surface area (Å²) in [6, 6.07) is 11.1. The number of fused-ring (bicyclic) bond motifs is 1. The van der Waals surface area contributed by atoms with E-state index >= 15 is 0 Å². The van der Waals surface area contributed by atoms with Gasteiger partial charge in [0.1, 0.15) is 10.0 Å². The molecule has 0 unspecified atom stereocenters. The summed E-state index contributed by atoms with van der Waals surface area (Å²) in [4.78, 5) is 11.4. The number of hydrogen-bond donors (Lipinski definition) is 0. The molecule has 7 heteroatoms. The minimum absolute atomic E-state index is 0.0186. The zero-order chi connectivity index (χ0) is 15.9. The van der Waals surface area contributed by atoms with Gasteiger partial charge < -0.3 is 9.14 Å². The van der Waals surface area contributed by atoms with Crippen LogP contribution in [-0.2, 0) is 17.1 Å². The summed E-state index contributed by atoms with van der Waals surface area (Å²) in [5.41, 5.74) is 2.11. The third kappa shape index (κ3) is 2.50. The van der Waals surface area contributed by atoms with E-state index in [1.807, 2.05) is 6.92 Å². The minimum Gasteiger partial charge on any atom is -0.573 e. The fraction of sp³-hybridized carbons (Fsp3) is 0.133. The van der Waals surface area contributed by atoms with Gasteiger partial charge in [0.2, 0.25) is 0 Å². The zero-order valence-corrected chi connectivity index (χ0v) is 12.8. The molecule has 22 heavy (non-hydrogen) atoms. The SMILES string of the molecule is Cc1ccc([N-]S(=O)(=O)c2ccc3c(c2)oc(=O)n3C)cc1. The molecule has 1 aromatic heterocycles. The first-order valence-corrected chi connectivity index (χ1v) is 7.95. The lowest BCUT2D eigenvalue weighted by Crippen LogP contribution is -2.08. The van der Waals surface area contributed by atoms with Crippen molar-refractivity contribution in [3.63, 3.8) is 0 Å². The van der Waals surface area contributed by atoms with Crippen LogP contribution in [0.1, 0.15) is 5.56 Å². The Labute approximate surface area is 127 Å². The van der Waals surface area contributed by atoms with Crippen LogP contribution < -0.4 is 5.76 Å². The van der Waals surface area contributed by atoms with Crippen LogP contribution in [0.4, 0.5) is 5.69 Å². The number of aryl methyl sites for hydroxylation is 2. The second-order valence-corrected chi connectivity index (χ2v) is 6.56. The molecule has 0 fully saturated rings. The molecule has 0 radical (unpaired) electrons. The number of sulfonamides is 1. The van der Waals surface area contributed by atoms with Crippen molar-refractivity contribution in [2.45, 2.75) is 11.8 Å². The highest BCUT2D eigenvalue weighted by molar-refractivity contribution is 7.94. The molecule has 3 aromatic rings. The Morgan fingerprint density at radius 1 is 1.09 bits per heavy atom. The number of oxazole rings is 1. The summed E-state index contributed by atoms with van der Waals surface area (Å²) in [5, 5.41) is 0. The lowest BCUT2D eigenvalue weighted by molar-refractivity contribution is 0.527. The first-order chi connectivity index (χ1) is 10.4. The summed E-state index contributed by atoms with van der Waals surface area (Å²) in [5.74, 6) is -0.542. The first-order valence-electron chi connectivity index (χ1n) is 6.51. The first kappa shape index (κ1) is 14.4. The summed E-state index contributed by atoms with van der Waals surface area (Å²) < 4.78 is 34.8. The van der Waals surface area contributed by atoms with Crippen molar-refractivity contribution in [2.24, 2.45) is 7.05 Å². The highest BCUT2D eigenvalue weighted by atomic mass is 32.2. The minimum atomic E-state index is -3.87. The van der Waals surface area contributed by atoms with Gasteiger partial charge in [0, 0.05) is 13.1 Å². The molecular weight excluding hydrogens is 304 g/mol. The molecule has 0 aliphatic rings. The van der Waals surface area contributed by atoms with Crippen LogP contribution in [-0.4, -0.2) is 13.0 Å². The Morgan fingerprint density at radius 3 is 2.45 bits per heavy atom. The molecular formula is C15H13N2O4S-. The van der Waals surface area contributed by atoms with E-state index in [0.717, 1.165) is 5.56 Å². The van der Waals surface area contributed by atoms with E-state index in [1.165, 1.54) is 22.8 Å². The monoisotopic (exact) mass is 317 g/mol. The van der Waals surface area contributed by atoms with Crippen LogP contribution in [0.25, 0.3) is 15.8 Å². The number of aromatic nitrogens is 1. The van der Waals surface area contributed by atoms with Crippen molar-refractivity contribution in [1.82, 2.24) is 4.57 Å². The third-order valence-corrected chi connectivity index (χ3v) is 4.62. The summed E-state index contributed by atoms with van der Waals surface area (Å²) in [6.45, 7) is 1.91. The molecule has 0 N–H and O–H groups in total.